The fraction of sp³-hybridized carbons (Fsp3) is 0.312. The minimum Gasteiger partial charge on any atom is -0.497 e. The fourth-order valence-electron chi connectivity index (χ4n) is 2.26. The van der Waals surface area contributed by atoms with Crippen molar-refractivity contribution in [2.75, 3.05) is 13.7 Å². The molecule has 0 unspecified atom stereocenters. The summed E-state index contributed by atoms with van der Waals surface area (Å²) < 4.78 is 6.89. The molecule has 112 valence electrons. The highest BCUT2D eigenvalue weighted by atomic mass is 16.5. The molecule has 1 aromatic heterocycles. The molecule has 1 heterocycles. The van der Waals surface area contributed by atoms with Crippen LogP contribution >= 0.6 is 0 Å². The van der Waals surface area contributed by atoms with Gasteiger partial charge in [-0.15, -0.1) is 0 Å². The Morgan fingerprint density at radius 3 is 2.76 bits per heavy atom. The number of methoxy groups -OCH3 is 1. The van der Waals surface area contributed by atoms with Crippen molar-refractivity contribution >= 4 is 0 Å². The van der Waals surface area contributed by atoms with Crippen LogP contribution in [0.15, 0.2) is 41.2 Å². The molecule has 2 rings (SSSR count). The zero-order chi connectivity index (χ0) is 15.2. The highest BCUT2D eigenvalue weighted by Gasteiger charge is 2.10. The van der Waals surface area contributed by atoms with E-state index in [-0.39, 0.29) is 18.7 Å². The van der Waals surface area contributed by atoms with Gasteiger partial charge in [-0.2, -0.15) is 0 Å². The molecule has 0 aliphatic carbocycles. The number of aromatic nitrogens is 1. The monoisotopic (exact) mass is 288 g/mol. The van der Waals surface area contributed by atoms with Crippen LogP contribution in [-0.4, -0.2) is 23.4 Å². The topological polar surface area (TPSA) is 77.5 Å². The first kappa shape index (κ1) is 15.3. The lowest BCUT2D eigenvalue weighted by molar-refractivity contribution is 0.279. The van der Waals surface area contributed by atoms with Crippen LogP contribution in [0.3, 0.4) is 0 Å². The maximum atomic E-state index is 12.4. The van der Waals surface area contributed by atoms with E-state index in [2.05, 4.69) is 0 Å². The lowest BCUT2D eigenvalue weighted by atomic mass is 10.1. The Balaban J connectivity index is 2.55. The van der Waals surface area contributed by atoms with Gasteiger partial charge in [0, 0.05) is 30.8 Å². The molecule has 0 radical (unpaired) electrons. The smallest absolute Gasteiger partial charge is 0.255 e. The van der Waals surface area contributed by atoms with E-state index >= 15 is 0 Å². The summed E-state index contributed by atoms with van der Waals surface area (Å²) in [5, 5.41) is 9.03. The standard InChI is InChI=1S/C16H20N2O3/c1-21-14-5-2-4-12(10-14)15-7-6-13(11-17)16(20)18(15)8-3-9-19/h2,4-7,10,19H,3,8-9,11,17H2,1H3. The van der Waals surface area contributed by atoms with Crippen molar-refractivity contribution in [2.45, 2.75) is 19.5 Å². The van der Waals surface area contributed by atoms with Gasteiger partial charge in [0.05, 0.1) is 12.8 Å². The number of hydrogen-bond acceptors (Lipinski definition) is 4. The fourth-order valence-corrected chi connectivity index (χ4v) is 2.26. The van der Waals surface area contributed by atoms with Gasteiger partial charge in [0.2, 0.25) is 0 Å². The number of ether oxygens (including phenoxy) is 1. The molecule has 0 saturated heterocycles. The predicted molar refractivity (Wildman–Crippen MR) is 82.3 cm³/mol. The van der Waals surface area contributed by atoms with Gasteiger partial charge in [0.1, 0.15) is 5.75 Å². The average molecular weight is 288 g/mol. The molecule has 1 aromatic carbocycles. The summed E-state index contributed by atoms with van der Waals surface area (Å²) >= 11 is 0. The Kier molecular flexibility index (Phi) is 5.14. The molecule has 5 heteroatoms. The molecule has 0 aliphatic heterocycles. The molecular weight excluding hydrogens is 268 g/mol. The first-order valence-electron chi connectivity index (χ1n) is 6.89. The highest BCUT2D eigenvalue weighted by molar-refractivity contribution is 5.62. The maximum Gasteiger partial charge on any atom is 0.255 e. The second kappa shape index (κ2) is 7.06. The van der Waals surface area contributed by atoms with Crippen molar-refractivity contribution in [3.63, 3.8) is 0 Å². The van der Waals surface area contributed by atoms with Gasteiger partial charge in [-0.3, -0.25) is 4.79 Å². The third kappa shape index (κ3) is 3.32. The number of aliphatic hydroxyl groups excluding tert-OH is 1. The zero-order valence-electron chi connectivity index (χ0n) is 12.1. The SMILES string of the molecule is COc1cccc(-c2ccc(CN)c(=O)n2CCCO)c1. The summed E-state index contributed by atoms with van der Waals surface area (Å²) in [7, 11) is 1.61. The lowest BCUT2D eigenvalue weighted by Crippen LogP contribution is -2.27. The van der Waals surface area contributed by atoms with Crippen molar-refractivity contribution in [3.8, 4) is 17.0 Å². The van der Waals surface area contributed by atoms with Gasteiger partial charge in [0.25, 0.3) is 5.56 Å². The van der Waals surface area contributed by atoms with Gasteiger partial charge in [-0.25, -0.2) is 0 Å². The molecule has 0 bridgehead atoms. The molecule has 2 aromatic rings. The van der Waals surface area contributed by atoms with Crippen LogP contribution < -0.4 is 16.0 Å². The summed E-state index contributed by atoms with van der Waals surface area (Å²) in [5.74, 6) is 0.733. The second-order valence-corrected chi connectivity index (χ2v) is 4.71. The van der Waals surface area contributed by atoms with Crippen molar-refractivity contribution in [3.05, 3.63) is 52.3 Å². The van der Waals surface area contributed by atoms with Gasteiger partial charge < -0.3 is 20.1 Å². The second-order valence-electron chi connectivity index (χ2n) is 4.71. The molecule has 0 spiro atoms. The Bertz CT molecular complexity index is 665. The number of aliphatic hydroxyl groups is 1. The third-order valence-electron chi connectivity index (χ3n) is 3.38. The van der Waals surface area contributed by atoms with E-state index in [1.807, 2.05) is 30.3 Å². The molecule has 0 aliphatic rings. The summed E-state index contributed by atoms with van der Waals surface area (Å²) in [6, 6.07) is 11.2. The summed E-state index contributed by atoms with van der Waals surface area (Å²) in [5.41, 5.74) is 7.76. The molecule has 5 nitrogen and oxygen atoms in total. The number of rotatable bonds is 6. The quantitative estimate of drug-likeness (QED) is 0.841. The summed E-state index contributed by atoms with van der Waals surface area (Å²) in [4.78, 5) is 12.4. The van der Waals surface area contributed by atoms with Crippen molar-refractivity contribution < 1.29 is 9.84 Å². The normalized spacial score (nSPS) is 10.6. The number of benzene rings is 1. The van der Waals surface area contributed by atoms with E-state index in [0.717, 1.165) is 17.0 Å². The van der Waals surface area contributed by atoms with Gasteiger partial charge in [-0.05, 0) is 24.6 Å². The van der Waals surface area contributed by atoms with Crippen LogP contribution in [-0.2, 0) is 13.1 Å². The lowest BCUT2D eigenvalue weighted by Gasteiger charge is -2.14. The number of pyridine rings is 1. The Morgan fingerprint density at radius 1 is 1.29 bits per heavy atom. The van der Waals surface area contributed by atoms with Crippen LogP contribution in [0.1, 0.15) is 12.0 Å². The molecule has 0 atom stereocenters. The van der Waals surface area contributed by atoms with Crippen molar-refractivity contribution in [1.29, 1.82) is 0 Å². The maximum absolute atomic E-state index is 12.4. The van der Waals surface area contributed by atoms with Gasteiger partial charge in [0.15, 0.2) is 0 Å². The molecule has 21 heavy (non-hydrogen) atoms. The van der Waals surface area contributed by atoms with Crippen molar-refractivity contribution in [2.24, 2.45) is 5.73 Å². The van der Waals surface area contributed by atoms with E-state index in [0.29, 0.717) is 18.5 Å². The largest absolute Gasteiger partial charge is 0.497 e. The van der Waals surface area contributed by atoms with E-state index in [9.17, 15) is 4.79 Å². The number of nitrogens with two attached hydrogens (primary N) is 1. The first-order valence-corrected chi connectivity index (χ1v) is 6.89. The van der Waals surface area contributed by atoms with E-state index in [1.54, 1.807) is 17.7 Å². The van der Waals surface area contributed by atoms with Gasteiger partial charge >= 0.3 is 0 Å². The van der Waals surface area contributed by atoms with Crippen LogP contribution in [0.2, 0.25) is 0 Å². The Hall–Kier alpha value is -2.11. The van der Waals surface area contributed by atoms with Crippen LogP contribution in [0.5, 0.6) is 5.75 Å². The summed E-state index contributed by atoms with van der Waals surface area (Å²) in [6.45, 7) is 0.697. The molecular formula is C16H20N2O3. The van der Waals surface area contributed by atoms with E-state index in [1.165, 1.54) is 0 Å². The zero-order valence-corrected chi connectivity index (χ0v) is 12.1. The third-order valence-corrected chi connectivity index (χ3v) is 3.38. The van der Waals surface area contributed by atoms with Crippen LogP contribution in [0, 0.1) is 0 Å². The highest BCUT2D eigenvalue weighted by Crippen LogP contribution is 2.23. The Labute approximate surface area is 123 Å². The van der Waals surface area contributed by atoms with E-state index < -0.39 is 0 Å². The minimum absolute atomic E-state index is 0.0385. The number of nitrogens with zero attached hydrogens (tertiary/aromatic N) is 1. The summed E-state index contributed by atoms with van der Waals surface area (Å²) in [6.07, 6.45) is 0.519. The van der Waals surface area contributed by atoms with E-state index in [4.69, 9.17) is 15.6 Å². The average Bonchev–Trinajstić information content (AvgIpc) is 2.53. The first-order chi connectivity index (χ1) is 10.2. The van der Waals surface area contributed by atoms with Gasteiger partial charge in [-0.1, -0.05) is 18.2 Å². The Morgan fingerprint density at radius 2 is 2.10 bits per heavy atom. The molecule has 0 saturated carbocycles. The van der Waals surface area contributed by atoms with Crippen LogP contribution in [0.25, 0.3) is 11.3 Å². The minimum atomic E-state index is -0.105. The predicted octanol–water partition coefficient (Wildman–Crippen LogP) is 1.36. The molecule has 3 N–H and O–H groups in total. The molecule has 0 fully saturated rings. The van der Waals surface area contributed by atoms with Crippen LogP contribution in [0.4, 0.5) is 0 Å². The number of hydrogen-bond donors (Lipinski definition) is 2. The molecule has 0 amide bonds. The van der Waals surface area contributed by atoms with Crippen molar-refractivity contribution in [1.82, 2.24) is 4.57 Å².